The van der Waals surface area contributed by atoms with Gasteiger partial charge in [0.2, 0.25) is 53.9 Å². The molecular formula is C97H147N7O22. The number of nitrogens with zero attached hydrogens (tertiary/aromatic N) is 7. The van der Waals surface area contributed by atoms with Crippen LogP contribution in [0.25, 0.3) is 0 Å². The van der Waals surface area contributed by atoms with Crippen LogP contribution in [0.1, 0.15) is 249 Å². The Kier molecular flexibility index (Phi) is 37.9. The maximum absolute atomic E-state index is 16.0. The highest BCUT2D eigenvalue weighted by molar-refractivity contribution is 6.02. The van der Waals surface area contributed by atoms with Gasteiger partial charge in [0.05, 0.1) is 35.9 Å². The number of aliphatic hydroxyl groups is 2. The van der Waals surface area contributed by atoms with E-state index in [0.29, 0.717) is 19.3 Å². The topological polar surface area (TPSA) is 373 Å². The van der Waals surface area contributed by atoms with Crippen LogP contribution in [0.5, 0.6) is 0 Å². The molecule has 6 rings (SSSR count). The summed E-state index contributed by atoms with van der Waals surface area (Å²) in [4.78, 5) is 243. The van der Waals surface area contributed by atoms with Crippen LogP contribution in [0.3, 0.4) is 0 Å². The van der Waals surface area contributed by atoms with Crippen molar-refractivity contribution in [2.24, 2.45) is 93.7 Å². The van der Waals surface area contributed by atoms with Crippen LogP contribution in [-0.4, -0.2) is 262 Å². The van der Waals surface area contributed by atoms with Crippen molar-refractivity contribution in [2.45, 2.75) is 282 Å². The molecular weight excluding hydrogens is 1620 g/mol. The lowest BCUT2D eigenvalue weighted by Crippen LogP contribution is -2.62. The Morgan fingerprint density at radius 3 is 1.59 bits per heavy atom. The molecule has 0 radical (unpaired) electrons. The zero-order valence-electron chi connectivity index (χ0n) is 79.8. The fourth-order valence-corrected chi connectivity index (χ4v) is 20.1. The molecule has 0 aromatic heterocycles. The third-order valence-electron chi connectivity index (χ3n) is 27.7. The van der Waals surface area contributed by atoms with E-state index in [0.717, 1.165) is 15.4 Å². The number of aliphatic hydroxyl groups excluding tert-OH is 1. The summed E-state index contributed by atoms with van der Waals surface area (Å²) in [5, 5.41) is 24.2. The standard InChI is InChI=1S/C97H147N7O22/c1-27-29-30-60(15)85(126-94(121)125-53-124-93(120)65-33-31-64(32-34-65)92(119)123-52-80(111)97(122)40-38-70-68-36-35-66-48-67(105)37-39-95(66,18)82(68)79(110)50-96(70,97)19)84-78(109)47-63(28-2)87(114)98(20)51-81(112)99(21)71(41-54(3)4)77(108)49-69(58(11)12)88(115)100(22)72(42-55(5)6)76(107)45-61(16)75(106)46-62(17)86(113)101(23)73(43-56(7)8)89(116)102(24)74(44-57(9)10)90(117)103(25)83(59(13)14)91(118)104(84)26/h27,29,31-34,37,39,48,54-63,68-74,79,82-85,110,122H,28,30,35-36,38,40-47,49-53H2,1-26H3/b29-27+/t60-,61+,62-,63+,68?,69-,70?,71+,72-,73-,74-,79+,82?,83-,84+,85-,95+,96+,97+/m1/s1. The van der Waals surface area contributed by atoms with Crippen LogP contribution in [0.15, 0.2) is 60.2 Å². The first-order valence-corrected chi connectivity index (χ1v) is 45.4. The van der Waals surface area contributed by atoms with Crippen LogP contribution in [0.4, 0.5) is 4.79 Å². The number of Topliss-reactive ketones (excluding diaryl/α,β-unsaturated/α-hetero) is 5. The highest BCUT2D eigenvalue weighted by Crippen LogP contribution is 2.67. The van der Waals surface area contributed by atoms with Crippen LogP contribution >= 0.6 is 0 Å². The number of likely N-dealkylation sites (N-methyl/N-ethyl adjacent to an activating group) is 7. The zero-order chi connectivity index (χ0) is 95.1. The zero-order valence-corrected chi connectivity index (χ0v) is 79.8. The predicted octanol–water partition coefficient (Wildman–Crippen LogP) is 11.3. The fourth-order valence-electron chi connectivity index (χ4n) is 20.1. The van der Waals surface area contributed by atoms with E-state index < -0.39 is 221 Å². The van der Waals surface area contributed by atoms with E-state index in [4.69, 9.17) is 18.9 Å². The minimum Gasteiger partial charge on any atom is -0.454 e. The average molecular weight is 1760 g/mol. The summed E-state index contributed by atoms with van der Waals surface area (Å²) >= 11 is 0. The number of esters is 2. The molecule has 7 amide bonds. The number of amides is 7. The molecule has 3 unspecified atom stereocenters. The van der Waals surface area contributed by atoms with Crippen molar-refractivity contribution in [3.63, 3.8) is 0 Å². The first-order valence-electron chi connectivity index (χ1n) is 45.4. The summed E-state index contributed by atoms with van der Waals surface area (Å²) in [5.74, 6) is -16.7. The van der Waals surface area contributed by atoms with Gasteiger partial charge >= 0.3 is 18.1 Å². The van der Waals surface area contributed by atoms with E-state index in [1.807, 2.05) is 75.3 Å². The highest BCUT2D eigenvalue weighted by atomic mass is 16.8. The maximum Gasteiger partial charge on any atom is 0.511 e. The van der Waals surface area contributed by atoms with Crippen LogP contribution in [0, 0.1) is 93.7 Å². The molecule has 126 heavy (non-hydrogen) atoms. The number of hydrogen-bond acceptors (Lipinski definition) is 22. The first kappa shape index (κ1) is 106. The number of carbonyl (C=O) groups is 16. The maximum atomic E-state index is 16.0. The Bertz CT molecular complexity index is 4220. The van der Waals surface area contributed by atoms with Gasteiger partial charge in [-0.1, -0.05) is 148 Å². The molecule has 0 spiro atoms. The summed E-state index contributed by atoms with van der Waals surface area (Å²) in [6, 6.07) is -2.86. The molecule has 0 bridgehead atoms. The van der Waals surface area contributed by atoms with E-state index in [1.54, 1.807) is 80.5 Å². The molecule has 3 saturated carbocycles. The van der Waals surface area contributed by atoms with Crippen molar-refractivity contribution in [1.82, 2.24) is 34.3 Å². The molecule has 1 aliphatic heterocycles. The summed E-state index contributed by atoms with van der Waals surface area (Å²) < 4.78 is 22.4. The van der Waals surface area contributed by atoms with Crippen LogP contribution in [0.2, 0.25) is 0 Å². The Labute approximate surface area is 746 Å². The highest BCUT2D eigenvalue weighted by Gasteiger charge is 2.68. The van der Waals surface area contributed by atoms with Crippen molar-refractivity contribution in [3.8, 4) is 0 Å². The smallest absolute Gasteiger partial charge is 0.454 e. The van der Waals surface area contributed by atoms with Gasteiger partial charge in [0.15, 0.2) is 29.7 Å². The van der Waals surface area contributed by atoms with Crippen molar-refractivity contribution in [1.29, 1.82) is 0 Å². The number of rotatable bonds is 23. The Hall–Kier alpha value is -9.12. The van der Waals surface area contributed by atoms with Crippen molar-refractivity contribution < 1.29 is 106 Å². The number of hydrogen-bond donors (Lipinski definition) is 2. The number of benzene rings is 1. The molecule has 1 saturated heterocycles. The largest absolute Gasteiger partial charge is 0.511 e. The van der Waals surface area contributed by atoms with Gasteiger partial charge < -0.3 is 63.5 Å². The summed E-state index contributed by atoms with van der Waals surface area (Å²) in [7, 11) is 9.89. The molecule has 4 aliphatic carbocycles. The number of ketones is 6. The Morgan fingerprint density at radius 1 is 0.556 bits per heavy atom. The Morgan fingerprint density at radius 2 is 1.06 bits per heavy atom. The SMILES string of the molecule is C/C=C/C[C@@H](C)[C@@H](OC(=O)OCOC(=O)c1ccc(C(=O)OCC(=O)[C@@]2(O)CCC3C4CCC5=CC(=O)C=C[C@]5(C)C4[C@@H](O)C[C@@]32C)cc1)[C@@H]1C(=O)C[C@H](CC)C(=O)N(C)CC(=O)N(C)[C@@H](CC(C)C)C(=O)C[C@H](C(C)C)C(=O)N(C)[C@H](CC(C)C)C(=O)C[C@H](C)C(=O)C[C@@H](C)C(=O)N(C)[C@H](CC(C)C)C(=O)N(C)[C@H](CC(C)C)C(=O)N(C)[C@H](C(C)C)C(=O)N1C. The normalized spacial score (nSPS) is 30.0. The van der Waals surface area contributed by atoms with Gasteiger partial charge in [-0.15, -0.1) is 0 Å². The molecule has 1 heterocycles. The molecule has 2 N–H and O–H groups in total. The van der Waals surface area contributed by atoms with Crippen molar-refractivity contribution >= 4 is 94.1 Å². The van der Waals surface area contributed by atoms with Gasteiger partial charge in [0.25, 0.3) is 0 Å². The minimum atomic E-state index is -1.93. The third-order valence-corrected chi connectivity index (χ3v) is 27.7. The fraction of sp³-hybridized carbons (Fsp3) is 0.711. The second-order valence-electron chi connectivity index (χ2n) is 39.6. The monoisotopic (exact) mass is 1760 g/mol. The van der Waals surface area contributed by atoms with Gasteiger partial charge in [-0.25, -0.2) is 14.4 Å². The first-order chi connectivity index (χ1) is 58.7. The van der Waals surface area contributed by atoms with E-state index in [2.05, 4.69) is 0 Å². The summed E-state index contributed by atoms with van der Waals surface area (Å²) in [5.41, 5.74) is -2.81. The lowest BCUT2D eigenvalue weighted by atomic mass is 9.46. The third kappa shape index (κ3) is 24.8. The molecule has 19 atom stereocenters. The van der Waals surface area contributed by atoms with Gasteiger partial charge in [-0.2, -0.15) is 0 Å². The van der Waals surface area contributed by atoms with Gasteiger partial charge in [-0.3, -0.25) is 62.3 Å². The van der Waals surface area contributed by atoms with Gasteiger partial charge in [0.1, 0.15) is 41.7 Å². The molecule has 1 aromatic rings. The number of allylic oxidation sites excluding steroid dienone is 6. The van der Waals surface area contributed by atoms with E-state index in [9.17, 15) is 63.0 Å². The number of ether oxygens (including phenoxy) is 4. The second-order valence-corrected chi connectivity index (χ2v) is 39.6. The molecule has 1 aromatic carbocycles. The van der Waals surface area contributed by atoms with E-state index >= 15 is 24.0 Å². The van der Waals surface area contributed by atoms with Crippen LogP contribution < -0.4 is 0 Å². The van der Waals surface area contributed by atoms with Crippen molar-refractivity contribution in [2.75, 3.05) is 69.3 Å². The summed E-state index contributed by atoms with van der Waals surface area (Å²) in [6.07, 6.45) is 5.58. The second kappa shape index (κ2) is 45.2. The Balaban J connectivity index is 1.33. The van der Waals surface area contributed by atoms with Crippen LogP contribution in [-0.2, 0) is 81.3 Å². The number of carbonyl (C=O) groups excluding carboxylic acids is 16. The predicted molar refractivity (Wildman–Crippen MR) is 473 cm³/mol. The molecule has 29 heteroatoms. The van der Waals surface area contributed by atoms with Gasteiger partial charge in [0, 0.05) is 115 Å². The quantitative estimate of drug-likeness (QED) is 0.0445. The molecule has 29 nitrogen and oxygen atoms in total. The lowest BCUT2D eigenvalue weighted by molar-refractivity contribution is -0.178. The average Bonchev–Trinajstić information content (AvgIpc) is 1.48. The van der Waals surface area contributed by atoms with E-state index in [-0.39, 0.29) is 129 Å². The minimum absolute atomic E-state index is 0.0152. The lowest BCUT2D eigenvalue weighted by Gasteiger charge is -2.59. The van der Waals surface area contributed by atoms with Gasteiger partial charge in [-0.05, 0) is 167 Å². The summed E-state index contributed by atoms with van der Waals surface area (Å²) in [6.45, 7) is 31.4. The molecule has 5 aliphatic rings. The number of fused-ring (bicyclic) bond motifs is 5. The van der Waals surface area contributed by atoms with Crippen molar-refractivity contribution in [3.05, 3.63) is 71.3 Å². The molecule has 702 valence electrons. The van der Waals surface area contributed by atoms with E-state index in [1.165, 1.54) is 104 Å². The molecule has 4 fully saturated rings.